The van der Waals surface area contributed by atoms with E-state index in [0.29, 0.717) is 16.9 Å². The van der Waals surface area contributed by atoms with Gasteiger partial charge in [0.25, 0.3) is 6.34 Å². The zero-order chi connectivity index (χ0) is 16.9. The van der Waals surface area contributed by atoms with Crippen LogP contribution in [0.4, 0.5) is 0 Å². The molecule has 0 saturated heterocycles. The average molecular weight is 325 g/mol. The van der Waals surface area contributed by atoms with Crippen molar-refractivity contribution in [3.63, 3.8) is 0 Å². The van der Waals surface area contributed by atoms with Gasteiger partial charge in [-0.3, -0.25) is 4.79 Å². The number of oxime groups is 1. The van der Waals surface area contributed by atoms with Crippen molar-refractivity contribution < 1.29 is 19.1 Å². The lowest BCUT2D eigenvalue weighted by molar-refractivity contribution is -0.457. The molecule has 0 aromatic heterocycles. The number of aliphatic imine (C=N–C) groups is 1. The van der Waals surface area contributed by atoms with Crippen molar-refractivity contribution in [3.05, 3.63) is 41.1 Å². The molecule has 0 bridgehead atoms. The Morgan fingerprint density at radius 1 is 1.46 bits per heavy atom. The average Bonchev–Trinajstić information content (AvgIpc) is 3.20. The molecule has 2 aliphatic heterocycles. The van der Waals surface area contributed by atoms with Gasteiger partial charge in [0.05, 0.1) is 12.1 Å². The first-order valence-electron chi connectivity index (χ1n) is 7.42. The molecule has 0 saturated carbocycles. The molecule has 1 aromatic rings. The number of hydrogen-bond donors (Lipinski definition) is 0. The number of carbonyl (C=O) groups is 1. The molecule has 122 valence electrons. The highest BCUT2D eigenvalue weighted by molar-refractivity contribution is 6.01. The van der Waals surface area contributed by atoms with Crippen LogP contribution in [0.1, 0.15) is 18.4 Å². The van der Waals surface area contributed by atoms with Gasteiger partial charge >= 0.3 is 5.97 Å². The predicted octanol–water partition coefficient (Wildman–Crippen LogP) is 1.11. The fourth-order valence-corrected chi connectivity index (χ4v) is 2.44. The number of carbonyl (C=O) groups excluding carboxylic acids is 1. The molecule has 0 aliphatic carbocycles. The minimum Gasteiger partial charge on any atom is -0.714 e. The summed E-state index contributed by atoms with van der Waals surface area (Å²) in [6.45, 7) is -0.109. The number of terminal acetylenes is 1. The SMILES string of the molecule is C#CC1C(COC(=O)CC2CC(c3ccccc3)=NO2)=NC=[N+]1[O-]. The van der Waals surface area contributed by atoms with Gasteiger partial charge in [-0.25, -0.2) is 4.74 Å². The Balaban J connectivity index is 1.45. The number of rotatable bonds is 5. The summed E-state index contributed by atoms with van der Waals surface area (Å²) in [5.74, 6) is 1.85. The van der Waals surface area contributed by atoms with Crippen LogP contribution in [0.25, 0.3) is 0 Å². The molecular weight excluding hydrogens is 310 g/mol. The first-order chi connectivity index (χ1) is 11.7. The van der Waals surface area contributed by atoms with Crippen molar-refractivity contribution in [2.75, 3.05) is 6.61 Å². The van der Waals surface area contributed by atoms with E-state index >= 15 is 0 Å². The molecule has 7 heteroatoms. The lowest BCUT2D eigenvalue weighted by Crippen LogP contribution is -2.29. The third-order valence-corrected chi connectivity index (χ3v) is 3.68. The van der Waals surface area contributed by atoms with Gasteiger partial charge in [-0.1, -0.05) is 35.5 Å². The zero-order valence-corrected chi connectivity index (χ0v) is 12.8. The molecule has 0 fully saturated rings. The van der Waals surface area contributed by atoms with Crippen LogP contribution in [-0.2, 0) is 14.4 Å². The highest BCUT2D eigenvalue weighted by Crippen LogP contribution is 2.19. The summed E-state index contributed by atoms with van der Waals surface area (Å²) < 4.78 is 5.67. The third-order valence-electron chi connectivity index (χ3n) is 3.68. The number of ether oxygens (including phenoxy) is 1. The molecule has 0 radical (unpaired) electrons. The molecule has 2 atom stereocenters. The van der Waals surface area contributed by atoms with E-state index in [2.05, 4.69) is 16.1 Å². The Bertz CT molecular complexity index is 762. The second-order valence-corrected chi connectivity index (χ2v) is 5.37. The van der Waals surface area contributed by atoms with Gasteiger partial charge in [0.2, 0.25) is 11.8 Å². The number of benzene rings is 1. The Labute approximate surface area is 138 Å². The maximum Gasteiger partial charge on any atom is 0.310 e. The van der Waals surface area contributed by atoms with Crippen LogP contribution in [0.3, 0.4) is 0 Å². The van der Waals surface area contributed by atoms with Gasteiger partial charge in [-0.15, -0.1) is 6.42 Å². The molecular formula is C17H15N3O4. The van der Waals surface area contributed by atoms with E-state index in [-0.39, 0.29) is 19.1 Å². The van der Waals surface area contributed by atoms with Crippen molar-refractivity contribution >= 4 is 23.7 Å². The fraction of sp³-hybridized carbons (Fsp3) is 0.294. The number of nitrogens with zero attached hydrogens (tertiary/aromatic N) is 3. The van der Waals surface area contributed by atoms with Crippen LogP contribution >= 0.6 is 0 Å². The molecule has 1 aromatic carbocycles. The largest absolute Gasteiger partial charge is 0.714 e. The summed E-state index contributed by atoms with van der Waals surface area (Å²) in [5.41, 5.74) is 2.11. The molecule has 3 rings (SSSR count). The molecule has 24 heavy (non-hydrogen) atoms. The second-order valence-electron chi connectivity index (χ2n) is 5.37. The zero-order valence-electron chi connectivity index (χ0n) is 12.8. The van der Waals surface area contributed by atoms with E-state index in [1.54, 1.807) is 0 Å². The monoisotopic (exact) mass is 325 g/mol. The maximum absolute atomic E-state index is 11.9. The fourth-order valence-electron chi connectivity index (χ4n) is 2.44. The van der Waals surface area contributed by atoms with E-state index in [1.807, 2.05) is 30.3 Å². The van der Waals surface area contributed by atoms with Crippen LogP contribution in [0.2, 0.25) is 0 Å². The molecule has 7 nitrogen and oxygen atoms in total. The number of esters is 1. The quantitative estimate of drug-likeness (QED) is 0.351. The van der Waals surface area contributed by atoms with E-state index < -0.39 is 12.0 Å². The summed E-state index contributed by atoms with van der Waals surface area (Å²) in [4.78, 5) is 21.1. The first kappa shape index (κ1) is 15.7. The maximum atomic E-state index is 11.9. The molecule has 2 heterocycles. The van der Waals surface area contributed by atoms with Crippen LogP contribution in [0.5, 0.6) is 0 Å². The molecule has 0 spiro atoms. The van der Waals surface area contributed by atoms with Crippen LogP contribution in [0.15, 0.2) is 40.5 Å². The molecule has 2 aliphatic rings. The lowest BCUT2D eigenvalue weighted by Gasteiger charge is -2.11. The molecule has 2 unspecified atom stereocenters. The van der Waals surface area contributed by atoms with Crippen LogP contribution < -0.4 is 0 Å². The van der Waals surface area contributed by atoms with Crippen molar-refractivity contribution in [1.29, 1.82) is 0 Å². The topological polar surface area (TPSA) is 86.3 Å². The normalized spacial score (nSPS) is 22.0. The Hall–Kier alpha value is -3.14. The van der Waals surface area contributed by atoms with Crippen LogP contribution in [0, 0.1) is 17.6 Å². The summed E-state index contributed by atoms with van der Waals surface area (Å²) in [6, 6.07) is 8.82. The third kappa shape index (κ3) is 3.43. The van der Waals surface area contributed by atoms with Crippen LogP contribution in [-0.4, -0.2) is 47.2 Å². The lowest BCUT2D eigenvalue weighted by atomic mass is 10.0. The summed E-state index contributed by atoms with van der Waals surface area (Å²) in [5, 5.41) is 15.4. The molecule has 0 amide bonds. The van der Waals surface area contributed by atoms with Gasteiger partial charge in [0, 0.05) is 6.42 Å². The second kappa shape index (κ2) is 6.96. The van der Waals surface area contributed by atoms with Gasteiger partial charge in [-0.05, 0) is 16.5 Å². The summed E-state index contributed by atoms with van der Waals surface area (Å²) in [6.07, 6.45) is 6.58. The van der Waals surface area contributed by atoms with E-state index in [9.17, 15) is 10.0 Å². The minimum atomic E-state index is -0.812. The van der Waals surface area contributed by atoms with Crippen molar-refractivity contribution in [2.24, 2.45) is 10.1 Å². The van der Waals surface area contributed by atoms with Crippen molar-refractivity contribution in [1.82, 2.24) is 0 Å². The number of hydroxylamine groups is 1. The number of hydrogen-bond acceptors (Lipinski definition) is 6. The summed E-state index contributed by atoms with van der Waals surface area (Å²) in [7, 11) is 0. The van der Waals surface area contributed by atoms with E-state index in [0.717, 1.165) is 17.6 Å². The smallest absolute Gasteiger partial charge is 0.310 e. The Kier molecular flexibility index (Phi) is 4.57. The van der Waals surface area contributed by atoms with Crippen molar-refractivity contribution in [3.8, 4) is 12.3 Å². The van der Waals surface area contributed by atoms with Gasteiger partial charge in [-0.2, -0.15) is 0 Å². The Morgan fingerprint density at radius 3 is 3.00 bits per heavy atom. The van der Waals surface area contributed by atoms with Gasteiger partial charge in [0.1, 0.15) is 6.10 Å². The summed E-state index contributed by atoms with van der Waals surface area (Å²) >= 11 is 0. The standard InChI is InChI=1S/C17H15N3O4/c1-2-16-15(18-11-20(16)22)10-23-17(21)9-13-8-14(19-24-13)12-6-4-3-5-7-12/h1,3-7,11,13,16H,8-10H2. The highest BCUT2D eigenvalue weighted by Gasteiger charge is 2.29. The van der Waals surface area contributed by atoms with E-state index in [4.69, 9.17) is 16.0 Å². The van der Waals surface area contributed by atoms with E-state index in [1.165, 1.54) is 0 Å². The van der Waals surface area contributed by atoms with Gasteiger partial charge in [0.15, 0.2) is 6.61 Å². The highest BCUT2D eigenvalue weighted by atomic mass is 16.6. The Morgan fingerprint density at radius 2 is 2.25 bits per heavy atom. The van der Waals surface area contributed by atoms with Crippen molar-refractivity contribution in [2.45, 2.75) is 25.0 Å². The predicted molar refractivity (Wildman–Crippen MR) is 87.8 cm³/mol. The first-order valence-corrected chi connectivity index (χ1v) is 7.42. The molecule has 0 N–H and O–H groups in total. The minimum absolute atomic E-state index is 0.0681. The van der Waals surface area contributed by atoms with Gasteiger partial charge < -0.3 is 14.8 Å².